The van der Waals surface area contributed by atoms with Crippen LogP contribution in [0, 0.1) is 6.92 Å². The van der Waals surface area contributed by atoms with Crippen molar-refractivity contribution in [3.8, 4) is 0 Å². The molecule has 1 aromatic heterocycles. The van der Waals surface area contributed by atoms with Crippen LogP contribution in [0.25, 0.3) is 0 Å². The first-order chi connectivity index (χ1) is 7.15. The van der Waals surface area contributed by atoms with Gasteiger partial charge in [-0.2, -0.15) is 4.98 Å². The van der Waals surface area contributed by atoms with Crippen LogP contribution in [0.1, 0.15) is 5.69 Å². The molecule has 1 aliphatic heterocycles. The van der Waals surface area contributed by atoms with E-state index in [1.165, 1.54) is 0 Å². The number of piperazine rings is 1. The molecule has 0 radical (unpaired) electrons. The van der Waals surface area contributed by atoms with Crippen LogP contribution in [-0.2, 0) is 0 Å². The van der Waals surface area contributed by atoms with Crippen LogP contribution < -0.4 is 10.6 Å². The molecule has 0 spiro atoms. The fraction of sp³-hybridized carbons (Fsp3) is 0.600. The van der Waals surface area contributed by atoms with Gasteiger partial charge in [-0.3, -0.25) is 0 Å². The van der Waals surface area contributed by atoms with Crippen molar-refractivity contribution in [1.82, 2.24) is 14.9 Å². The fourth-order valence-electron chi connectivity index (χ4n) is 1.72. The average molecular weight is 207 g/mol. The molecule has 0 amide bonds. The number of likely N-dealkylation sites (N-methyl/N-ethyl adjacent to an activating group) is 1. The molecule has 1 aromatic rings. The zero-order chi connectivity index (χ0) is 10.8. The molecule has 0 atom stereocenters. The second-order valence-corrected chi connectivity index (χ2v) is 4.02. The topological polar surface area (TPSA) is 58.3 Å². The van der Waals surface area contributed by atoms with Crippen LogP contribution >= 0.6 is 0 Å². The molecule has 1 aliphatic rings. The summed E-state index contributed by atoms with van der Waals surface area (Å²) in [4.78, 5) is 13.1. The summed E-state index contributed by atoms with van der Waals surface area (Å²) in [7, 11) is 2.13. The maximum Gasteiger partial charge on any atom is 0.227 e. The molecule has 5 heteroatoms. The molecule has 0 bridgehead atoms. The van der Waals surface area contributed by atoms with Crippen LogP contribution in [0.5, 0.6) is 0 Å². The van der Waals surface area contributed by atoms with E-state index in [1.54, 1.807) is 6.07 Å². The number of nitrogens with two attached hydrogens (primary N) is 1. The molecular formula is C10H17N5. The van der Waals surface area contributed by atoms with Crippen molar-refractivity contribution in [3.63, 3.8) is 0 Å². The summed E-state index contributed by atoms with van der Waals surface area (Å²) in [6, 6.07) is 1.79. The van der Waals surface area contributed by atoms with Gasteiger partial charge in [-0.05, 0) is 14.0 Å². The molecule has 0 unspecified atom stereocenters. The maximum atomic E-state index is 5.71. The highest BCUT2D eigenvalue weighted by Gasteiger charge is 2.16. The predicted molar refractivity (Wildman–Crippen MR) is 60.9 cm³/mol. The van der Waals surface area contributed by atoms with Gasteiger partial charge >= 0.3 is 0 Å². The van der Waals surface area contributed by atoms with Crippen LogP contribution in [0.15, 0.2) is 6.07 Å². The minimum absolute atomic E-state index is 0.552. The van der Waals surface area contributed by atoms with Gasteiger partial charge in [0.1, 0.15) is 5.82 Å². The summed E-state index contributed by atoms with van der Waals surface area (Å²) in [5.74, 6) is 1.32. The van der Waals surface area contributed by atoms with Crippen molar-refractivity contribution in [2.24, 2.45) is 0 Å². The summed E-state index contributed by atoms with van der Waals surface area (Å²) >= 11 is 0. The standard InChI is InChI=1S/C10H17N5/c1-8-7-9(11)13-10(12-8)15-5-3-14(2)4-6-15/h7H,3-6H2,1-2H3,(H2,11,12,13). The van der Waals surface area contributed by atoms with E-state index in [0.717, 1.165) is 37.8 Å². The van der Waals surface area contributed by atoms with E-state index < -0.39 is 0 Å². The second-order valence-electron chi connectivity index (χ2n) is 4.02. The summed E-state index contributed by atoms with van der Waals surface area (Å²) in [5.41, 5.74) is 6.63. The quantitative estimate of drug-likeness (QED) is 0.708. The monoisotopic (exact) mass is 207 g/mol. The van der Waals surface area contributed by atoms with Gasteiger partial charge in [0, 0.05) is 37.9 Å². The Labute approximate surface area is 89.9 Å². The van der Waals surface area contributed by atoms with Gasteiger partial charge in [0.05, 0.1) is 0 Å². The van der Waals surface area contributed by atoms with E-state index in [2.05, 4.69) is 26.8 Å². The lowest BCUT2D eigenvalue weighted by Crippen LogP contribution is -2.45. The van der Waals surface area contributed by atoms with Crippen molar-refractivity contribution < 1.29 is 0 Å². The lowest BCUT2D eigenvalue weighted by molar-refractivity contribution is 0.311. The maximum absolute atomic E-state index is 5.71. The Bertz CT molecular complexity index is 323. The molecule has 15 heavy (non-hydrogen) atoms. The number of anilines is 2. The van der Waals surface area contributed by atoms with Gasteiger partial charge in [0.15, 0.2) is 0 Å². The van der Waals surface area contributed by atoms with Crippen molar-refractivity contribution in [1.29, 1.82) is 0 Å². The lowest BCUT2D eigenvalue weighted by atomic mass is 10.3. The van der Waals surface area contributed by atoms with Gasteiger partial charge in [-0.15, -0.1) is 0 Å². The van der Waals surface area contributed by atoms with E-state index in [4.69, 9.17) is 5.73 Å². The van der Waals surface area contributed by atoms with Gasteiger partial charge in [-0.1, -0.05) is 0 Å². The molecule has 2 heterocycles. The summed E-state index contributed by atoms with van der Waals surface area (Å²) in [6.45, 7) is 5.99. The Morgan fingerprint density at radius 2 is 1.87 bits per heavy atom. The van der Waals surface area contributed by atoms with E-state index in [9.17, 15) is 0 Å². The number of hydrogen-bond acceptors (Lipinski definition) is 5. The normalized spacial score (nSPS) is 18.1. The number of nitrogen functional groups attached to an aromatic ring is 1. The molecule has 1 fully saturated rings. The molecule has 5 nitrogen and oxygen atoms in total. The highest BCUT2D eigenvalue weighted by molar-refractivity contribution is 5.40. The van der Waals surface area contributed by atoms with E-state index in [0.29, 0.717) is 5.82 Å². The number of aryl methyl sites for hydroxylation is 1. The number of aromatic nitrogens is 2. The molecule has 2 N–H and O–H groups in total. The Kier molecular flexibility index (Phi) is 2.73. The van der Waals surface area contributed by atoms with Gasteiger partial charge in [0.2, 0.25) is 5.95 Å². The average Bonchev–Trinajstić information content (AvgIpc) is 2.17. The van der Waals surface area contributed by atoms with Crippen LogP contribution in [0.3, 0.4) is 0 Å². The Balaban J connectivity index is 2.15. The third-order valence-electron chi connectivity index (χ3n) is 2.65. The zero-order valence-corrected chi connectivity index (χ0v) is 9.27. The van der Waals surface area contributed by atoms with E-state index in [-0.39, 0.29) is 0 Å². The van der Waals surface area contributed by atoms with Crippen molar-refractivity contribution >= 4 is 11.8 Å². The van der Waals surface area contributed by atoms with Crippen LogP contribution in [-0.4, -0.2) is 48.1 Å². The number of nitrogens with zero attached hydrogens (tertiary/aromatic N) is 4. The predicted octanol–water partition coefficient (Wildman–Crippen LogP) is 0.119. The molecule has 0 aromatic carbocycles. The molecule has 82 valence electrons. The molecule has 0 saturated carbocycles. The minimum Gasteiger partial charge on any atom is -0.384 e. The highest BCUT2D eigenvalue weighted by atomic mass is 15.3. The Hall–Kier alpha value is -1.36. The number of hydrogen-bond donors (Lipinski definition) is 1. The first kappa shape index (κ1) is 10.2. The summed E-state index contributed by atoms with van der Waals surface area (Å²) in [6.07, 6.45) is 0. The highest BCUT2D eigenvalue weighted by Crippen LogP contribution is 2.13. The van der Waals surface area contributed by atoms with Crippen molar-refractivity contribution in [3.05, 3.63) is 11.8 Å². The third-order valence-corrected chi connectivity index (χ3v) is 2.65. The van der Waals surface area contributed by atoms with Gasteiger partial charge < -0.3 is 15.5 Å². The first-order valence-electron chi connectivity index (χ1n) is 5.20. The first-order valence-corrected chi connectivity index (χ1v) is 5.20. The minimum atomic E-state index is 0.552. The SMILES string of the molecule is Cc1cc(N)nc(N2CCN(C)CC2)n1. The van der Waals surface area contributed by atoms with Crippen molar-refractivity contribution in [2.75, 3.05) is 43.9 Å². The summed E-state index contributed by atoms with van der Waals surface area (Å²) in [5, 5.41) is 0. The number of rotatable bonds is 1. The second kappa shape index (κ2) is 4.02. The van der Waals surface area contributed by atoms with Crippen LogP contribution in [0.2, 0.25) is 0 Å². The Morgan fingerprint density at radius 1 is 1.20 bits per heavy atom. The van der Waals surface area contributed by atoms with E-state index >= 15 is 0 Å². The largest absolute Gasteiger partial charge is 0.384 e. The third kappa shape index (κ3) is 2.36. The smallest absolute Gasteiger partial charge is 0.227 e. The summed E-state index contributed by atoms with van der Waals surface area (Å²) < 4.78 is 0. The van der Waals surface area contributed by atoms with Crippen molar-refractivity contribution in [2.45, 2.75) is 6.92 Å². The van der Waals surface area contributed by atoms with Gasteiger partial charge in [-0.25, -0.2) is 4.98 Å². The molecular weight excluding hydrogens is 190 g/mol. The lowest BCUT2D eigenvalue weighted by Gasteiger charge is -2.32. The fourth-order valence-corrected chi connectivity index (χ4v) is 1.72. The van der Waals surface area contributed by atoms with E-state index in [1.807, 2.05) is 6.92 Å². The van der Waals surface area contributed by atoms with Gasteiger partial charge in [0.25, 0.3) is 0 Å². The molecule has 0 aliphatic carbocycles. The molecule has 2 rings (SSSR count). The zero-order valence-electron chi connectivity index (χ0n) is 9.27. The Morgan fingerprint density at radius 3 is 2.47 bits per heavy atom. The molecule has 1 saturated heterocycles. The van der Waals surface area contributed by atoms with Crippen LogP contribution in [0.4, 0.5) is 11.8 Å².